The van der Waals surface area contributed by atoms with Crippen LogP contribution < -0.4 is 10.6 Å². The van der Waals surface area contributed by atoms with Gasteiger partial charge in [-0.1, -0.05) is 57.5 Å². The highest BCUT2D eigenvalue weighted by atomic mass is 32.2. The molecule has 2 aliphatic rings. The molecule has 0 radical (unpaired) electrons. The van der Waals surface area contributed by atoms with Gasteiger partial charge < -0.3 is 25.2 Å². The molecule has 0 spiro atoms. The third-order valence-electron chi connectivity index (χ3n) is 10.3. The number of aromatic nitrogens is 1. The first-order valence-electron chi connectivity index (χ1n) is 19.3. The van der Waals surface area contributed by atoms with E-state index in [4.69, 9.17) is 0 Å². The van der Waals surface area contributed by atoms with Crippen molar-refractivity contribution in [3.8, 4) is 11.1 Å². The molecule has 5 rings (SSSR count). The Morgan fingerprint density at radius 1 is 1.04 bits per heavy atom. The van der Waals surface area contributed by atoms with Crippen LogP contribution in [0.15, 0.2) is 60.8 Å². The van der Waals surface area contributed by atoms with Crippen LogP contribution in [-0.4, -0.2) is 93.4 Å². The summed E-state index contributed by atoms with van der Waals surface area (Å²) in [5, 5.41) is 16.4. The van der Waals surface area contributed by atoms with Crippen LogP contribution in [0.25, 0.3) is 11.1 Å². The highest BCUT2D eigenvalue weighted by Crippen LogP contribution is 2.42. The highest BCUT2D eigenvalue weighted by molar-refractivity contribution is 8.00. The Labute approximate surface area is 327 Å². The average Bonchev–Trinajstić information content (AvgIpc) is 3.89. The second-order valence-electron chi connectivity index (χ2n) is 15.8. The summed E-state index contributed by atoms with van der Waals surface area (Å²) in [6.07, 6.45) is 5.47. The van der Waals surface area contributed by atoms with Crippen molar-refractivity contribution in [2.24, 2.45) is 11.3 Å². The van der Waals surface area contributed by atoms with E-state index in [2.05, 4.69) is 31.4 Å². The minimum absolute atomic E-state index is 0.0826. The maximum Gasteiger partial charge on any atom is 0.233 e. The van der Waals surface area contributed by atoms with Gasteiger partial charge in [-0.2, -0.15) is 0 Å². The van der Waals surface area contributed by atoms with Gasteiger partial charge in [0.2, 0.25) is 23.6 Å². The lowest BCUT2D eigenvalue weighted by molar-refractivity contribution is -0.138. The zero-order chi connectivity index (χ0) is 39.5. The number of aliphatic hydroxyl groups excluding tert-OH is 1. The second-order valence-corrected chi connectivity index (χ2v) is 16.8. The summed E-state index contributed by atoms with van der Waals surface area (Å²) in [7, 11) is 0. The number of thioether (sulfide) groups is 1. The molecule has 2 aliphatic heterocycles. The lowest BCUT2D eigenvalue weighted by Gasteiger charge is -2.42. The van der Waals surface area contributed by atoms with Gasteiger partial charge in [0.1, 0.15) is 11.6 Å². The number of unbranched alkanes of at least 4 members (excludes halogenated alkanes) is 2. The smallest absolute Gasteiger partial charge is 0.233 e. The van der Waals surface area contributed by atoms with Gasteiger partial charge in [0, 0.05) is 67.7 Å². The molecule has 10 nitrogen and oxygen atoms in total. The quantitative estimate of drug-likeness (QED) is 0.102. The number of carbonyl (C=O) groups is 4. The lowest BCUT2D eigenvalue weighted by atomic mass is 9.82. The number of hydrogen-bond donors (Lipinski definition) is 3. The topological polar surface area (TPSA) is 124 Å². The molecule has 1 unspecified atom stereocenters. The second kappa shape index (κ2) is 19.7. The molecule has 4 amide bonds. The monoisotopic (exact) mass is 779 g/mol. The summed E-state index contributed by atoms with van der Waals surface area (Å²) in [5.74, 6) is -0.936. The molecule has 1 aromatic heterocycles. The molecule has 0 bridgehead atoms. The van der Waals surface area contributed by atoms with Crippen LogP contribution in [0.3, 0.4) is 0 Å². The maximum absolute atomic E-state index is 15.2. The van der Waals surface area contributed by atoms with Crippen LogP contribution in [0.4, 0.5) is 8.78 Å². The van der Waals surface area contributed by atoms with Crippen molar-refractivity contribution in [2.45, 2.75) is 84.3 Å². The van der Waals surface area contributed by atoms with Crippen LogP contribution >= 0.6 is 11.8 Å². The third kappa shape index (κ3) is 11.7. The van der Waals surface area contributed by atoms with Crippen molar-refractivity contribution >= 4 is 35.4 Å². The summed E-state index contributed by atoms with van der Waals surface area (Å²) >= 11 is 1.36. The molecule has 2 saturated heterocycles. The van der Waals surface area contributed by atoms with E-state index >= 15 is 4.39 Å². The number of halogens is 2. The fourth-order valence-electron chi connectivity index (χ4n) is 7.53. The third-order valence-corrected chi connectivity index (χ3v) is 11.4. The minimum atomic E-state index is -0.539. The number of imide groups is 1. The Hall–Kier alpha value is -4.07. The summed E-state index contributed by atoms with van der Waals surface area (Å²) < 4.78 is 31.7. The number of hydrogen-bond acceptors (Lipinski definition) is 7. The Kier molecular flexibility index (Phi) is 15.1. The first-order valence-corrected chi connectivity index (χ1v) is 20.5. The van der Waals surface area contributed by atoms with E-state index < -0.39 is 29.1 Å². The SMILES string of the molecule is CC(C)(C)[C@H](c1cc(-c2cc(F)ccc2F)cn1Cc1ccccc1)N(CC1CCNC1)C(=O)CSC[C@@H](CO)NC(=O)CCCCCN1C(=O)CCC1=O. The number of amides is 4. The number of nitrogens with one attached hydrogen (secondary N) is 2. The predicted octanol–water partition coefficient (Wildman–Crippen LogP) is 5.93. The minimum Gasteiger partial charge on any atom is -0.394 e. The maximum atomic E-state index is 15.2. The summed E-state index contributed by atoms with van der Waals surface area (Å²) in [5.41, 5.74) is 2.07. The van der Waals surface area contributed by atoms with Crippen LogP contribution in [0.1, 0.15) is 83.0 Å². The van der Waals surface area contributed by atoms with Crippen molar-refractivity contribution in [2.75, 3.05) is 44.3 Å². The fourth-order valence-corrected chi connectivity index (χ4v) is 8.46. The molecule has 55 heavy (non-hydrogen) atoms. The predicted molar refractivity (Wildman–Crippen MR) is 211 cm³/mol. The zero-order valence-electron chi connectivity index (χ0n) is 32.2. The molecule has 298 valence electrons. The van der Waals surface area contributed by atoms with E-state index in [-0.39, 0.29) is 66.7 Å². The van der Waals surface area contributed by atoms with E-state index in [0.717, 1.165) is 42.9 Å². The van der Waals surface area contributed by atoms with Gasteiger partial charge in [-0.15, -0.1) is 11.8 Å². The molecule has 3 heterocycles. The number of likely N-dealkylation sites (tertiary alicyclic amines) is 1. The Morgan fingerprint density at radius 2 is 1.78 bits per heavy atom. The lowest BCUT2D eigenvalue weighted by Crippen LogP contribution is -2.46. The van der Waals surface area contributed by atoms with Gasteiger partial charge in [0.15, 0.2) is 0 Å². The first kappa shape index (κ1) is 42.1. The average molecular weight is 780 g/mol. The van der Waals surface area contributed by atoms with Gasteiger partial charge >= 0.3 is 0 Å². The van der Waals surface area contributed by atoms with Crippen LogP contribution in [0, 0.1) is 23.0 Å². The number of carbonyl (C=O) groups excluding carboxylic acids is 4. The molecule has 0 aliphatic carbocycles. The van der Waals surface area contributed by atoms with Crippen LogP contribution in [-0.2, 0) is 25.7 Å². The van der Waals surface area contributed by atoms with E-state index in [0.29, 0.717) is 50.2 Å². The largest absolute Gasteiger partial charge is 0.394 e. The van der Waals surface area contributed by atoms with Crippen LogP contribution in [0.5, 0.6) is 0 Å². The van der Waals surface area contributed by atoms with Gasteiger partial charge in [-0.05, 0) is 73.5 Å². The molecule has 2 aromatic carbocycles. The fraction of sp³-hybridized carbons (Fsp3) is 0.524. The van der Waals surface area contributed by atoms with Crippen molar-refractivity contribution < 1.29 is 33.1 Å². The molecular formula is C42H55F2N5O5S. The molecule has 2 fully saturated rings. The molecule has 13 heteroatoms. The molecule has 0 saturated carbocycles. The summed E-state index contributed by atoms with van der Waals surface area (Å²) in [6.45, 7) is 8.98. The number of nitrogens with zero attached hydrogens (tertiary/aromatic N) is 3. The standard InChI is InChI=1S/C42H55F2N5O5S/c1-42(2,3)41(36-20-31(34-21-32(43)13-14-35(34)44)25-47(36)23-29-10-6-4-7-11-29)49(24-30-17-18-45-22-30)40(54)28-55-27-33(26-50)46-37(51)12-8-5-9-19-48-38(52)15-16-39(48)53/h4,6-7,10-11,13-14,20-21,25,30,33,41,45,50H,5,8-9,12,15-19,22-24,26-28H2,1-3H3,(H,46,51)/t30?,33-,41+/m1/s1. The Balaban J connectivity index is 1.29. The molecule has 3 N–H and O–H groups in total. The van der Waals surface area contributed by atoms with Crippen LogP contribution in [0.2, 0.25) is 0 Å². The van der Waals surface area contributed by atoms with E-state index in [1.807, 2.05) is 52.1 Å². The van der Waals surface area contributed by atoms with E-state index in [1.54, 1.807) is 0 Å². The molecule has 3 atom stereocenters. The molecule has 3 aromatic rings. The summed E-state index contributed by atoms with van der Waals surface area (Å²) in [6, 6.07) is 14.3. The van der Waals surface area contributed by atoms with Crippen molar-refractivity contribution in [1.82, 2.24) is 25.0 Å². The Bertz CT molecular complexity index is 1760. The van der Waals surface area contributed by atoms with Gasteiger partial charge in [0.05, 0.1) is 24.4 Å². The Morgan fingerprint density at radius 3 is 2.45 bits per heavy atom. The van der Waals surface area contributed by atoms with Crippen molar-refractivity contribution in [3.63, 3.8) is 0 Å². The highest BCUT2D eigenvalue weighted by Gasteiger charge is 2.39. The van der Waals surface area contributed by atoms with Gasteiger partial charge in [-0.25, -0.2) is 8.78 Å². The van der Waals surface area contributed by atoms with Gasteiger partial charge in [0.25, 0.3) is 0 Å². The molecular weight excluding hydrogens is 725 g/mol. The normalized spacial score (nSPS) is 17.1. The van der Waals surface area contributed by atoms with Crippen molar-refractivity contribution in [1.29, 1.82) is 0 Å². The van der Waals surface area contributed by atoms with Crippen molar-refractivity contribution in [3.05, 3.63) is 83.7 Å². The number of benzene rings is 2. The first-order chi connectivity index (χ1) is 26.3. The number of aliphatic hydroxyl groups is 1. The van der Waals surface area contributed by atoms with E-state index in [1.165, 1.54) is 22.7 Å². The van der Waals surface area contributed by atoms with Gasteiger partial charge in [-0.3, -0.25) is 24.1 Å². The van der Waals surface area contributed by atoms with E-state index in [9.17, 15) is 28.7 Å². The number of rotatable bonds is 19. The summed E-state index contributed by atoms with van der Waals surface area (Å²) in [4.78, 5) is 54.0. The zero-order valence-corrected chi connectivity index (χ0v) is 33.0.